The van der Waals surface area contributed by atoms with E-state index >= 15 is 0 Å². The maximum Gasteiger partial charge on any atom is 0.233 e. The summed E-state index contributed by atoms with van der Waals surface area (Å²) in [5, 5.41) is 9.59. The molecular formula is C23H26N4O2S. The van der Waals surface area contributed by atoms with Crippen LogP contribution in [0.3, 0.4) is 0 Å². The first kappa shape index (κ1) is 20.5. The Kier molecular flexibility index (Phi) is 6.38. The van der Waals surface area contributed by atoms with Crippen LogP contribution in [0.1, 0.15) is 26.2 Å². The molecule has 4 rings (SSSR count). The number of amides is 1. The lowest BCUT2D eigenvalue weighted by Crippen LogP contribution is -2.42. The zero-order valence-corrected chi connectivity index (χ0v) is 18.1. The third-order valence-corrected chi connectivity index (χ3v) is 6.34. The minimum absolute atomic E-state index is 0.165. The maximum atomic E-state index is 12.8. The standard InChI is InChI=1S/C23H26N4O2S/c1-17-9-6-7-14-26(17)21(28)16-30-23-25-24-22(18-10-8-13-20(15-18)29-2)27(23)19-11-4-3-5-12-19/h3-5,8,10-13,15,17H,6-7,9,14,16H2,1-2H3/t17-/m0/s1. The van der Waals surface area contributed by atoms with Crippen LogP contribution in [0.15, 0.2) is 59.8 Å². The highest BCUT2D eigenvalue weighted by Gasteiger charge is 2.24. The summed E-state index contributed by atoms with van der Waals surface area (Å²) < 4.78 is 7.38. The van der Waals surface area contributed by atoms with Gasteiger partial charge in [0.25, 0.3) is 0 Å². The number of thioether (sulfide) groups is 1. The molecule has 0 radical (unpaired) electrons. The van der Waals surface area contributed by atoms with Crippen molar-refractivity contribution in [1.82, 2.24) is 19.7 Å². The molecule has 0 unspecified atom stereocenters. The molecule has 6 nitrogen and oxygen atoms in total. The number of para-hydroxylation sites is 1. The normalized spacial score (nSPS) is 16.5. The second kappa shape index (κ2) is 9.34. The first-order valence-corrected chi connectivity index (χ1v) is 11.2. The van der Waals surface area contributed by atoms with Crippen LogP contribution in [0.25, 0.3) is 17.1 Å². The average Bonchev–Trinajstić information content (AvgIpc) is 3.22. The Morgan fingerprint density at radius 1 is 1.13 bits per heavy atom. The Balaban J connectivity index is 1.63. The van der Waals surface area contributed by atoms with Gasteiger partial charge in [-0.3, -0.25) is 9.36 Å². The van der Waals surface area contributed by atoms with Crippen molar-refractivity contribution in [1.29, 1.82) is 0 Å². The fourth-order valence-electron chi connectivity index (χ4n) is 3.80. The van der Waals surface area contributed by atoms with E-state index in [0.29, 0.717) is 17.0 Å². The Morgan fingerprint density at radius 3 is 2.73 bits per heavy atom. The van der Waals surface area contributed by atoms with E-state index in [9.17, 15) is 4.79 Å². The molecule has 30 heavy (non-hydrogen) atoms. The van der Waals surface area contributed by atoms with E-state index < -0.39 is 0 Å². The van der Waals surface area contributed by atoms with E-state index in [1.807, 2.05) is 64.1 Å². The molecule has 1 aromatic heterocycles. The highest BCUT2D eigenvalue weighted by molar-refractivity contribution is 7.99. The monoisotopic (exact) mass is 422 g/mol. The van der Waals surface area contributed by atoms with Gasteiger partial charge in [-0.25, -0.2) is 0 Å². The lowest BCUT2D eigenvalue weighted by atomic mass is 10.0. The van der Waals surface area contributed by atoms with Gasteiger partial charge in [-0.1, -0.05) is 42.1 Å². The van der Waals surface area contributed by atoms with Gasteiger partial charge in [-0.2, -0.15) is 0 Å². The molecule has 1 amide bonds. The van der Waals surface area contributed by atoms with Crippen molar-refractivity contribution < 1.29 is 9.53 Å². The summed E-state index contributed by atoms with van der Waals surface area (Å²) in [7, 11) is 1.65. The minimum Gasteiger partial charge on any atom is -0.497 e. The van der Waals surface area contributed by atoms with Gasteiger partial charge in [0.15, 0.2) is 11.0 Å². The van der Waals surface area contributed by atoms with Crippen LogP contribution in [0.2, 0.25) is 0 Å². The van der Waals surface area contributed by atoms with E-state index in [-0.39, 0.29) is 5.91 Å². The smallest absolute Gasteiger partial charge is 0.233 e. The number of likely N-dealkylation sites (tertiary alicyclic amines) is 1. The molecule has 1 aliphatic heterocycles. The number of hydrogen-bond acceptors (Lipinski definition) is 5. The molecule has 0 N–H and O–H groups in total. The third kappa shape index (κ3) is 4.36. The lowest BCUT2D eigenvalue weighted by Gasteiger charge is -2.33. The van der Waals surface area contributed by atoms with Crippen molar-refractivity contribution in [3.63, 3.8) is 0 Å². The Labute approximate surface area is 181 Å². The summed E-state index contributed by atoms with van der Waals surface area (Å²) in [6.45, 7) is 2.98. The number of nitrogens with zero attached hydrogens (tertiary/aromatic N) is 4. The van der Waals surface area contributed by atoms with Crippen LogP contribution in [0, 0.1) is 0 Å². The minimum atomic E-state index is 0.165. The summed E-state index contributed by atoms with van der Waals surface area (Å²) in [4.78, 5) is 14.8. The Bertz CT molecular complexity index is 1010. The molecular weight excluding hydrogens is 396 g/mol. The number of carbonyl (C=O) groups excluding carboxylic acids is 1. The van der Waals surface area contributed by atoms with Crippen LogP contribution in [-0.4, -0.2) is 51.0 Å². The molecule has 3 aromatic rings. The number of hydrogen-bond donors (Lipinski definition) is 0. The number of rotatable bonds is 6. The molecule has 0 bridgehead atoms. The Morgan fingerprint density at radius 2 is 1.97 bits per heavy atom. The first-order valence-electron chi connectivity index (χ1n) is 10.2. The summed E-state index contributed by atoms with van der Waals surface area (Å²) in [5.41, 5.74) is 1.87. The summed E-state index contributed by atoms with van der Waals surface area (Å²) in [5.74, 6) is 2.01. The van der Waals surface area contributed by atoms with Gasteiger partial charge in [0.2, 0.25) is 5.91 Å². The topological polar surface area (TPSA) is 60.3 Å². The van der Waals surface area contributed by atoms with Crippen molar-refractivity contribution >= 4 is 17.7 Å². The number of methoxy groups -OCH3 is 1. The Hall–Kier alpha value is -2.80. The molecule has 0 aliphatic carbocycles. The SMILES string of the molecule is COc1cccc(-c2nnc(SCC(=O)N3CCCC[C@@H]3C)n2-c2ccccc2)c1. The molecule has 2 aromatic carbocycles. The van der Waals surface area contributed by atoms with Crippen LogP contribution >= 0.6 is 11.8 Å². The number of piperidine rings is 1. The average molecular weight is 423 g/mol. The van der Waals surface area contributed by atoms with Gasteiger partial charge in [-0.05, 0) is 50.5 Å². The second-order valence-corrected chi connectivity index (χ2v) is 8.37. The van der Waals surface area contributed by atoms with Gasteiger partial charge in [-0.15, -0.1) is 10.2 Å². The van der Waals surface area contributed by atoms with Crippen molar-refractivity contribution in [3.05, 3.63) is 54.6 Å². The number of benzene rings is 2. The zero-order valence-electron chi connectivity index (χ0n) is 17.3. The van der Waals surface area contributed by atoms with Crippen molar-refractivity contribution in [3.8, 4) is 22.8 Å². The van der Waals surface area contributed by atoms with Crippen LogP contribution < -0.4 is 4.74 Å². The van der Waals surface area contributed by atoms with Gasteiger partial charge in [0.1, 0.15) is 5.75 Å². The zero-order chi connectivity index (χ0) is 20.9. The number of aromatic nitrogens is 3. The molecule has 7 heteroatoms. The summed E-state index contributed by atoms with van der Waals surface area (Å²) in [6.07, 6.45) is 3.36. The van der Waals surface area contributed by atoms with Crippen molar-refractivity contribution in [2.45, 2.75) is 37.4 Å². The van der Waals surface area contributed by atoms with Gasteiger partial charge in [0, 0.05) is 23.8 Å². The highest BCUT2D eigenvalue weighted by atomic mass is 32.2. The van der Waals surface area contributed by atoms with Gasteiger partial charge in [0.05, 0.1) is 12.9 Å². The molecule has 0 saturated carbocycles. The number of carbonyl (C=O) groups is 1. The highest BCUT2D eigenvalue weighted by Crippen LogP contribution is 2.30. The summed E-state index contributed by atoms with van der Waals surface area (Å²) in [6, 6.07) is 18.1. The molecule has 1 fully saturated rings. The molecule has 0 spiro atoms. The van der Waals surface area contributed by atoms with Crippen LogP contribution in [-0.2, 0) is 4.79 Å². The van der Waals surface area contributed by atoms with Crippen LogP contribution in [0.4, 0.5) is 0 Å². The lowest BCUT2D eigenvalue weighted by molar-refractivity contribution is -0.131. The molecule has 156 valence electrons. The van der Waals surface area contributed by atoms with Crippen molar-refractivity contribution in [2.75, 3.05) is 19.4 Å². The van der Waals surface area contributed by atoms with Gasteiger partial charge >= 0.3 is 0 Å². The first-order chi connectivity index (χ1) is 14.7. The second-order valence-electron chi connectivity index (χ2n) is 7.43. The van der Waals surface area contributed by atoms with Crippen LogP contribution in [0.5, 0.6) is 5.75 Å². The number of ether oxygens (including phenoxy) is 1. The fraction of sp³-hybridized carbons (Fsp3) is 0.348. The molecule has 1 saturated heterocycles. The van der Waals surface area contributed by atoms with E-state index in [0.717, 1.165) is 42.2 Å². The quantitative estimate of drug-likeness (QED) is 0.550. The molecule has 1 atom stereocenters. The largest absolute Gasteiger partial charge is 0.497 e. The fourth-order valence-corrected chi connectivity index (χ4v) is 4.64. The van der Waals surface area contributed by atoms with Crippen molar-refractivity contribution in [2.24, 2.45) is 0 Å². The maximum absolute atomic E-state index is 12.8. The predicted molar refractivity (Wildman–Crippen MR) is 119 cm³/mol. The van der Waals surface area contributed by atoms with E-state index in [1.54, 1.807) is 7.11 Å². The summed E-state index contributed by atoms with van der Waals surface area (Å²) >= 11 is 1.44. The molecule has 1 aliphatic rings. The van der Waals surface area contributed by atoms with E-state index in [4.69, 9.17) is 4.74 Å². The third-order valence-electron chi connectivity index (χ3n) is 5.42. The van der Waals surface area contributed by atoms with Gasteiger partial charge < -0.3 is 9.64 Å². The van der Waals surface area contributed by atoms with E-state index in [2.05, 4.69) is 17.1 Å². The molecule has 2 heterocycles. The van der Waals surface area contributed by atoms with E-state index in [1.165, 1.54) is 18.2 Å². The predicted octanol–water partition coefficient (Wildman–Crippen LogP) is 4.44.